The summed E-state index contributed by atoms with van der Waals surface area (Å²) in [5.74, 6) is 0.366. The lowest BCUT2D eigenvalue weighted by molar-refractivity contribution is 0.0938. The fraction of sp³-hybridized carbons (Fsp3) is 0.333. The summed E-state index contributed by atoms with van der Waals surface area (Å²) in [6.45, 7) is 7.72. The Bertz CT molecular complexity index is 709. The highest BCUT2D eigenvalue weighted by Gasteiger charge is 2.12. The van der Waals surface area contributed by atoms with Gasteiger partial charge in [0.15, 0.2) is 11.6 Å². The normalized spacial score (nSPS) is 10.8. The van der Waals surface area contributed by atoms with Gasteiger partial charge in [-0.3, -0.25) is 9.59 Å². The number of rotatable bonds is 6. The van der Waals surface area contributed by atoms with E-state index < -0.39 is 0 Å². The van der Waals surface area contributed by atoms with Crippen LogP contribution < -0.4 is 0 Å². The summed E-state index contributed by atoms with van der Waals surface area (Å²) in [4.78, 5) is 24.0. The van der Waals surface area contributed by atoms with Crippen LogP contribution in [0.1, 0.15) is 64.6 Å². The predicted molar refractivity (Wildman–Crippen MR) is 94.2 cm³/mol. The van der Waals surface area contributed by atoms with Crippen molar-refractivity contribution in [3.05, 3.63) is 70.3 Å². The zero-order valence-corrected chi connectivity index (χ0v) is 14.3. The molecule has 0 N–H and O–H groups in total. The van der Waals surface area contributed by atoms with Crippen LogP contribution in [0, 0.1) is 12.8 Å². The molecule has 0 saturated carbocycles. The first kappa shape index (κ1) is 17.1. The Morgan fingerprint density at radius 2 is 1.65 bits per heavy atom. The molecular weight excluding hydrogens is 284 g/mol. The van der Waals surface area contributed by atoms with E-state index >= 15 is 0 Å². The van der Waals surface area contributed by atoms with E-state index in [2.05, 4.69) is 6.07 Å². The summed E-state index contributed by atoms with van der Waals surface area (Å²) in [6.07, 6.45) is 1.29. The van der Waals surface area contributed by atoms with Gasteiger partial charge in [0, 0.05) is 23.5 Å². The van der Waals surface area contributed by atoms with Crippen molar-refractivity contribution in [1.29, 1.82) is 0 Å². The molecule has 2 heteroatoms. The van der Waals surface area contributed by atoms with Gasteiger partial charge in [0.2, 0.25) is 0 Å². The number of benzene rings is 2. The quantitative estimate of drug-likeness (QED) is 0.702. The second-order valence-corrected chi connectivity index (χ2v) is 6.26. The van der Waals surface area contributed by atoms with E-state index in [-0.39, 0.29) is 17.5 Å². The average molecular weight is 308 g/mol. The summed E-state index contributed by atoms with van der Waals surface area (Å²) >= 11 is 0. The van der Waals surface area contributed by atoms with Crippen molar-refractivity contribution in [2.75, 3.05) is 0 Å². The maximum absolute atomic E-state index is 12.0. The van der Waals surface area contributed by atoms with Crippen molar-refractivity contribution in [3.8, 4) is 0 Å². The second-order valence-electron chi connectivity index (χ2n) is 6.26. The largest absolute Gasteiger partial charge is 0.294 e. The maximum atomic E-state index is 12.0. The first-order valence-electron chi connectivity index (χ1n) is 8.18. The van der Waals surface area contributed by atoms with E-state index in [0.29, 0.717) is 6.42 Å². The van der Waals surface area contributed by atoms with E-state index in [9.17, 15) is 9.59 Å². The molecule has 0 bridgehead atoms. The third kappa shape index (κ3) is 3.95. The maximum Gasteiger partial charge on any atom is 0.165 e. The average Bonchev–Trinajstić information content (AvgIpc) is 2.56. The molecule has 0 radical (unpaired) electrons. The van der Waals surface area contributed by atoms with E-state index in [4.69, 9.17) is 0 Å². The summed E-state index contributed by atoms with van der Waals surface area (Å²) in [5.41, 5.74) is 4.94. The number of hydrogen-bond acceptors (Lipinski definition) is 2. The number of hydrogen-bond donors (Lipinski definition) is 0. The van der Waals surface area contributed by atoms with Crippen molar-refractivity contribution < 1.29 is 9.59 Å². The van der Waals surface area contributed by atoms with Crippen LogP contribution in [-0.2, 0) is 6.42 Å². The Balaban J connectivity index is 2.23. The predicted octanol–water partition coefficient (Wildman–Crippen LogP) is 5.02. The minimum atomic E-state index is 0.0137. The lowest BCUT2D eigenvalue weighted by Crippen LogP contribution is -2.07. The minimum Gasteiger partial charge on any atom is -0.294 e. The highest BCUT2D eigenvalue weighted by molar-refractivity contribution is 5.98. The van der Waals surface area contributed by atoms with Crippen LogP contribution in [0.15, 0.2) is 42.5 Å². The molecule has 2 aromatic carbocycles. The molecule has 2 rings (SSSR count). The van der Waals surface area contributed by atoms with Crippen LogP contribution in [0.3, 0.4) is 0 Å². The topological polar surface area (TPSA) is 34.1 Å². The number of carbonyl (C=O) groups is 2. The van der Waals surface area contributed by atoms with Crippen LogP contribution in [0.4, 0.5) is 0 Å². The number of ketones is 2. The highest BCUT2D eigenvalue weighted by atomic mass is 16.1. The fourth-order valence-corrected chi connectivity index (χ4v) is 2.71. The van der Waals surface area contributed by atoms with Crippen LogP contribution >= 0.6 is 0 Å². The van der Waals surface area contributed by atoms with Crippen molar-refractivity contribution >= 4 is 11.6 Å². The van der Waals surface area contributed by atoms with Crippen LogP contribution in [0.25, 0.3) is 0 Å². The van der Waals surface area contributed by atoms with E-state index in [1.165, 1.54) is 0 Å². The zero-order valence-electron chi connectivity index (χ0n) is 14.3. The molecule has 0 saturated heterocycles. The Morgan fingerprint density at radius 3 is 2.22 bits per heavy atom. The molecule has 0 amide bonds. The van der Waals surface area contributed by atoms with Gasteiger partial charge in [-0.15, -0.1) is 0 Å². The fourth-order valence-electron chi connectivity index (χ4n) is 2.71. The molecule has 0 atom stereocenters. The standard InChI is InChI=1S/C21H24O2/c1-5-20(22)19-8-6-7-18(15(19)4)13-16-9-11-17(12-10-16)21(23)14(2)3/h6-12,14H,5,13H2,1-4H3. The third-order valence-electron chi connectivity index (χ3n) is 4.22. The Morgan fingerprint density at radius 1 is 1.00 bits per heavy atom. The highest BCUT2D eigenvalue weighted by Crippen LogP contribution is 2.20. The second kappa shape index (κ2) is 7.36. The number of Topliss-reactive ketones (excluding diaryl/α,β-unsaturated/α-hetero) is 2. The molecule has 0 aliphatic heterocycles. The molecule has 0 fully saturated rings. The molecule has 23 heavy (non-hydrogen) atoms. The molecule has 0 aromatic heterocycles. The van der Waals surface area contributed by atoms with Gasteiger partial charge in [0.1, 0.15) is 0 Å². The molecule has 2 aromatic rings. The van der Waals surface area contributed by atoms with Gasteiger partial charge in [-0.2, -0.15) is 0 Å². The molecule has 2 nitrogen and oxygen atoms in total. The summed E-state index contributed by atoms with van der Waals surface area (Å²) in [7, 11) is 0. The minimum absolute atomic E-state index is 0.0137. The Hall–Kier alpha value is -2.22. The summed E-state index contributed by atoms with van der Waals surface area (Å²) in [5, 5.41) is 0. The molecule has 0 spiro atoms. The smallest absolute Gasteiger partial charge is 0.165 e. The molecule has 120 valence electrons. The third-order valence-corrected chi connectivity index (χ3v) is 4.22. The molecule has 0 aliphatic rings. The zero-order chi connectivity index (χ0) is 17.0. The lowest BCUT2D eigenvalue weighted by atomic mass is 9.93. The van der Waals surface area contributed by atoms with Crippen molar-refractivity contribution in [2.24, 2.45) is 5.92 Å². The summed E-state index contributed by atoms with van der Waals surface area (Å²) in [6, 6.07) is 13.7. The molecule has 0 aliphatic carbocycles. The molecular formula is C21H24O2. The van der Waals surface area contributed by atoms with Gasteiger partial charge < -0.3 is 0 Å². The van der Waals surface area contributed by atoms with Crippen molar-refractivity contribution in [2.45, 2.75) is 40.5 Å². The van der Waals surface area contributed by atoms with Gasteiger partial charge in [-0.05, 0) is 30.0 Å². The van der Waals surface area contributed by atoms with Crippen molar-refractivity contribution in [3.63, 3.8) is 0 Å². The van der Waals surface area contributed by atoms with Gasteiger partial charge in [-0.25, -0.2) is 0 Å². The van der Waals surface area contributed by atoms with E-state index in [0.717, 1.165) is 34.2 Å². The lowest BCUT2D eigenvalue weighted by Gasteiger charge is -2.11. The Labute approximate surface area is 138 Å². The van der Waals surface area contributed by atoms with Crippen LogP contribution in [0.2, 0.25) is 0 Å². The molecule has 0 unspecified atom stereocenters. The van der Waals surface area contributed by atoms with Gasteiger partial charge in [0.05, 0.1) is 0 Å². The Kier molecular flexibility index (Phi) is 5.49. The first-order chi connectivity index (χ1) is 10.9. The number of carbonyl (C=O) groups excluding carboxylic acids is 2. The van der Waals surface area contributed by atoms with Gasteiger partial charge >= 0.3 is 0 Å². The van der Waals surface area contributed by atoms with Crippen molar-refractivity contribution in [1.82, 2.24) is 0 Å². The first-order valence-corrected chi connectivity index (χ1v) is 8.18. The molecule has 0 heterocycles. The monoisotopic (exact) mass is 308 g/mol. The summed E-state index contributed by atoms with van der Waals surface area (Å²) < 4.78 is 0. The van der Waals surface area contributed by atoms with Gasteiger partial charge in [-0.1, -0.05) is 63.2 Å². The van der Waals surface area contributed by atoms with Crippen LogP contribution in [0.5, 0.6) is 0 Å². The van der Waals surface area contributed by atoms with Crippen LogP contribution in [-0.4, -0.2) is 11.6 Å². The van der Waals surface area contributed by atoms with E-state index in [1.807, 2.05) is 64.1 Å². The van der Waals surface area contributed by atoms with Gasteiger partial charge in [0.25, 0.3) is 0 Å². The SMILES string of the molecule is CCC(=O)c1cccc(Cc2ccc(C(=O)C(C)C)cc2)c1C. The van der Waals surface area contributed by atoms with E-state index in [1.54, 1.807) is 0 Å².